The van der Waals surface area contributed by atoms with Gasteiger partial charge in [0, 0.05) is 17.2 Å². The SMILES string of the molecule is O=C(c1cc2c(cc1Br)OCO2)N1C=CCC1. The van der Waals surface area contributed by atoms with Crippen molar-refractivity contribution < 1.29 is 14.3 Å². The van der Waals surface area contributed by atoms with Crippen molar-refractivity contribution in [2.45, 2.75) is 6.42 Å². The molecule has 0 atom stereocenters. The van der Waals surface area contributed by atoms with E-state index in [0.717, 1.165) is 17.4 Å². The molecule has 17 heavy (non-hydrogen) atoms. The summed E-state index contributed by atoms with van der Waals surface area (Å²) >= 11 is 3.39. The van der Waals surface area contributed by atoms with E-state index in [1.807, 2.05) is 12.3 Å². The number of halogens is 1. The van der Waals surface area contributed by atoms with Gasteiger partial charge in [-0.3, -0.25) is 4.79 Å². The number of benzene rings is 1. The van der Waals surface area contributed by atoms with Gasteiger partial charge in [-0.1, -0.05) is 6.08 Å². The molecule has 1 aromatic rings. The average Bonchev–Trinajstić information content (AvgIpc) is 2.97. The van der Waals surface area contributed by atoms with Crippen LogP contribution in [0, 0.1) is 0 Å². The standard InChI is InChI=1S/C12H10BrNO3/c13-9-6-11-10(16-7-17-11)5-8(9)12(15)14-3-1-2-4-14/h1,3,5-6H,2,4,7H2. The lowest BCUT2D eigenvalue weighted by Crippen LogP contribution is -2.23. The van der Waals surface area contributed by atoms with E-state index in [0.29, 0.717) is 17.1 Å². The highest BCUT2D eigenvalue weighted by Crippen LogP contribution is 2.37. The Morgan fingerprint density at radius 2 is 2.06 bits per heavy atom. The van der Waals surface area contributed by atoms with E-state index in [-0.39, 0.29) is 12.7 Å². The smallest absolute Gasteiger partial charge is 0.259 e. The van der Waals surface area contributed by atoms with E-state index >= 15 is 0 Å². The van der Waals surface area contributed by atoms with Crippen LogP contribution in [0.3, 0.4) is 0 Å². The molecule has 0 aliphatic carbocycles. The maximum atomic E-state index is 12.2. The van der Waals surface area contributed by atoms with Crippen LogP contribution < -0.4 is 9.47 Å². The number of fused-ring (bicyclic) bond motifs is 1. The molecule has 1 aromatic carbocycles. The van der Waals surface area contributed by atoms with Gasteiger partial charge in [-0.15, -0.1) is 0 Å². The Balaban J connectivity index is 1.97. The second-order valence-electron chi connectivity index (χ2n) is 3.86. The third-order valence-corrected chi connectivity index (χ3v) is 3.43. The van der Waals surface area contributed by atoms with Crippen LogP contribution >= 0.6 is 15.9 Å². The van der Waals surface area contributed by atoms with Gasteiger partial charge in [0.2, 0.25) is 6.79 Å². The van der Waals surface area contributed by atoms with E-state index < -0.39 is 0 Å². The predicted octanol–water partition coefficient (Wildman–Crippen LogP) is 2.54. The fourth-order valence-corrected chi connectivity index (χ4v) is 2.39. The molecule has 88 valence electrons. The Bertz CT molecular complexity index is 513. The molecule has 0 aromatic heterocycles. The van der Waals surface area contributed by atoms with Crippen LogP contribution in [0.15, 0.2) is 28.9 Å². The Morgan fingerprint density at radius 3 is 2.76 bits per heavy atom. The minimum atomic E-state index is -0.0241. The average molecular weight is 296 g/mol. The highest BCUT2D eigenvalue weighted by atomic mass is 79.9. The predicted molar refractivity (Wildman–Crippen MR) is 65.1 cm³/mol. The number of carbonyl (C=O) groups excluding carboxylic acids is 1. The van der Waals surface area contributed by atoms with Crippen LogP contribution in [0.4, 0.5) is 0 Å². The molecule has 0 spiro atoms. The first kappa shape index (κ1) is 10.7. The van der Waals surface area contributed by atoms with E-state index in [9.17, 15) is 4.79 Å². The van der Waals surface area contributed by atoms with E-state index in [4.69, 9.17) is 9.47 Å². The zero-order valence-corrected chi connectivity index (χ0v) is 10.6. The second-order valence-corrected chi connectivity index (χ2v) is 4.71. The van der Waals surface area contributed by atoms with Crippen LogP contribution in [0.5, 0.6) is 11.5 Å². The first-order valence-corrected chi connectivity index (χ1v) is 6.12. The Hall–Kier alpha value is -1.49. The van der Waals surface area contributed by atoms with Crippen molar-refractivity contribution >= 4 is 21.8 Å². The van der Waals surface area contributed by atoms with Crippen LogP contribution in [0.25, 0.3) is 0 Å². The summed E-state index contributed by atoms with van der Waals surface area (Å²) < 4.78 is 11.3. The van der Waals surface area contributed by atoms with Crippen molar-refractivity contribution in [3.63, 3.8) is 0 Å². The molecule has 0 fully saturated rings. The van der Waals surface area contributed by atoms with Crippen molar-refractivity contribution in [2.75, 3.05) is 13.3 Å². The van der Waals surface area contributed by atoms with Gasteiger partial charge in [-0.25, -0.2) is 0 Å². The molecule has 0 bridgehead atoms. The fourth-order valence-electron chi connectivity index (χ4n) is 1.89. The third-order valence-electron chi connectivity index (χ3n) is 2.78. The minimum absolute atomic E-state index is 0.0241. The Labute approximate surface area is 107 Å². The molecule has 0 unspecified atom stereocenters. The summed E-state index contributed by atoms with van der Waals surface area (Å²) in [6.45, 7) is 0.947. The molecule has 2 aliphatic heterocycles. The third kappa shape index (κ3) is 1.80. The highest BCUT2D eigenvalue weighted by molar-refractivity contribution is 9.10. The molecular formula is C12H10BrNO3. The zero-order valence-electron chi connectivity index (χ0n) is 8.98. The second kappa shape index (κ2) is 4.07. The number of nitrogens with zero attached hydrogens (tertiary/aromatic N) is 1. The normalized spacial score (nSPS) is 16.6. The highest BCUT2D eigenvalue weighted by Gasteiger charge is 2.23. The van der Waals surface area contributed by atoms with Crippen LogP contribution in [-0.4, -0.2) is 24.1 Å². The largest absolute Gasteiger partial charge is 0.454 e. The molecule has 3 rings (SSSR count). The number of ether oxygens (including phenoxy) is 2. The maximum Gasteiger partial charge on any atom is 0.259 e. The van der Waals surface area contributed by atoms with E-state index in [1.165, 1.54) is 0 Å². The number of carbonyl (C=O) groups is 1. The van der Waals surface area contributed by atoms with E-state index in [1.54, 1.807) is 17.0 Å². The monoisotopic (exact) mass is 295 g/mol. The topological polar surface area (TPSA) is 38.8 Å². The van der Waals surface area contributed by atoms with Gasteiger partial charge in [0.25, 0.3) is 5.91 Å². The molecule has 5 heteroatoms. The maximum absolute atomic E-state index is 12.2. The van der Waals surface area contributed by atoms with Crippen LogP contribution in [0.2, 0.25) is 0 Å². The Kier molecular flexibility index (Phi) is 2.55. The van der Waals surface area contributed by atoms with Gasteiger partial charge in [0.1, 0.15) is 0 Å². The van der Waals surface area contributed by atoms with Crippen molar-refractivity contribution in [3.8, 4) is 11.5 Å². The summed E-state index contributed by atoms with van der Waals surface area (Å²) in [4.78, 5) is 13.9. The number of amides is 1. The van der Waals surface area contributed by atoms with Crippen molar-refractivity contribution in [1.29, 1.82) is 0 Å². The quantitative estimate of drug-likeness (QED) is 0.799. The number of rotatable bonds is 1. The van der Waals surface area contributed by atoms with Crippen LogP contribution in [-0.2, 0) is 0 Å². The summed E-state index contributed by atoms with van der Waals surface area (Å²) in [5.74, 6) is 1.27. The molecule has 0 radical (unpaired) electrons. The molecule has 2 heterocycles. The Morgan fingerprint density at radius 1 is 1.29 bits per heavy atom. The zero-order chi connectivity index (χ0) is 11.8. The molecule has 1 amide bonds. The summed E-state index contributed by atoms with van der Waals surface area (Å²) in [6.07, 6.45) is 4.71. The van der Waals surface area contributed by atoms with Gasteiger partial charge >= 0.3 is 0 Å². The first-order valence-electron chi connectivity index (χ1n) is 5.32. The molecule has 0 saturated heterocycles. The lowest BCUT2D eigenvalue weighted by atomic mass is 10.2. The van der Waals surface area contributed by atoms with Crippen molar-refractivity contribution in [1.82, 2.24) is 4.90 Å². The molecule has 4 nitrogen and oxygen atoms in total. The lowest BCUT2D eigenvalue weighted by molar-refractivity contribution is 0.0832. The van der Waals surface area contributed by atoms with Gasteiger partial charge < -0.3 is 14.4 Å². The van der Waals surface area contributed by atoms with Crippen molar-refractivity contribution in [2.24, 2.45) is 0 Å². The summed E-state index contributed by atoms with van der Waals surface area (Å²) in [6, 6.07) is 3.50. The van der Waals surface area contributed by atoms with Gasteiger partial charge in [-0.05, 0) is 34.5 Å². The number of hydrogen-bond donors (Lipinski definition) is 0. The van der Waals surface area contributed by atoms with Gasteiger partial charge in [0.05, 0.1) is 5.56 Å². The fraction of sp³-hybridized carbons (Fsp3) is 0.250. The molecule has 2 aliphatic rings. The molecule has 0 N–H and O–H groups in total. The van der Waals surface area contributed by atoms with Gasteiger partial charge in [-0.2, -0.15) is 0 Å². The van der Waals surface area contributed by atoms with Gasteiger partial charge in [0.15, 0.2) is 11.5 Å². The summed E-state index contributed by atoms with van der Waals surface area (Å²) in [5, 5.41) is 0. The summed E-state index contributed by atoms with van der Waals surface area (Å²) in [7, 11) is 0. The lowest BCUT2D eigenvalue weighted by Gasteiger charge is -2.14. The molecular weight excluding hydrogens is 286 g/mol. The summed E-state index contributed by atoms with van der Waals surface area (Å²) in [5.41, 5.74) is 0.598. The van der Waals surface area contributed by atoms with Crippen LogP contribution in [0.1, 0.15) is 16.8 Å². The first-order chi connectivity index (χ1) is 8.25. The molecule has 0 saturated carbocycles. The van der Waals surface area contributed by atoms with E-state index in [2.05, 4.69) is 15.9 Å². The minimum Gasteiger partial charge on any atom is -0.454 e. The number of hydrogen-bond acceptors (Lipinski definition) is 3. The van der Waals surface area contributed by atoms with Crippen molar-refractivity contribution in [3.05, 3.63) is 34.4 Å².